The Balaban J connectivity index is 3.33. The van der Waals surface area contributed by atoms with Crippen LogP contribution < -0.4 is 5.32 Å². The van der Waals surface area contributed by atoms with Crippen molar-refractivity contribution in [2.75, 3.05) is 46.4 Å². The number of ether oxygens (including phenoxy) is 1. The van der Waals surface area contributed by atoms with Gasteiger partial charge in [0.2, 0.25) is 0 Å². The van der Waals surface area contributed by atoms with Crippen LogP contribution in [0.5, 0.6) is 0 Å². The number of likely N-dealkylation sites (N-methyl/N-ethyl adjacent to an activating group) is 1. The predicted molar refractivity (Wildman–Crippen MR) is 61.7 cm³/mol. The van der Waals surface area contributed by atoms with Crippen molar-refractivity contribution < 1.29 is 4.74 Å². The van der Waals surface area contributed by atoms with Crippen LogP contribution in [0.3, 0.4) is 0 Å². The molecule has 3 nitrogen and oxygen atoms in total. The SMILES string of the molecule is CCN(CCNCC(C)C)CCOC. The Morgan fingerprint density at radius 3 is 2.50 bits per heavy atom. The Morgan fingerprint density at radius 1 is 1.29 bits per heavy atom. The summed E-state index contributed by atoms with van der Waals surface area (Å²) in [5.74, 6) is 0.740. The Morgan fingerprint density at radius 2 is 2.00 bits per heavy atom. The zero-order chi connectivity index (χ0) is 10.8. The van der Waals surface area contributed by atoms with Gasteiger partial charge >= 0.3 is 0 Å². The molecule has 86 valence electrons. The first-order chi connectivity index (χ1) is 6.70. The van der Waals surface area contributed by atoms with Gasteiger partial charge in [-0.3, -0.25) is 0 Å². The van der Waals surface area contributed by atoms with Crippen LogP contribution in [0.1, 0.15) is 20.8 Å². The maximum absolute atomic E-state index is 5.06. The molecule has 0 unspecified atom stereocenters. The quantitative estimate of drug-likeness (QED) is 0.569. The van der Waals surface area contributed by atoms with E-state index in [1.54, 1.807) is 7.11 Å². The molecule has 0 saturated heterocycles. The average molecular weight is 202 g/mol. The number of nitrogens with one attached hydrogen (secondary N) is 1. The van der Waals surface area contributed by atoms with Crippen molar-refractivity contribution in [1.82, 2.24) is 10.2 Å². The molecular formula is C11H26N2O. The molecule has 3 heteroatoms. The fourth-order valence-electron chi connectivity index (χ4n) is 1.28. The molecule has 0 rings (SSSR count). The second-order valence-corrected chi connectivity index (χ2v) is 4.03. The number of nitrogens with zero attached hydrogens (tertiary/aromatic N) is 1. The van der Waals surface area contributed by atoms with Crippen LogP contribution in [-0.2, 0) is 4.74 Å². The molecule has 0 saturated carbocycles. The van der Waals surface area contributed by atoms with Crippen LogP contribution >= 0.6 is 0 Å². The van der Waals surface area contributed by atoms with Gasteiger partial charge in [-0.1, -0.05) is 20.8 Å². The minimum atomic E-state index is 0.740. The minimum absolute atomic E-state index is 0.740. The first kappa shape index (κ1) is 13.9. The molecule has 0 spiro atoms. The van der Waals surface area contributed by atoms with E-state index in [2.05, 4.69) is 31.0 Å². The molecule has 0 aliphatic rings. The van der Waals surface area contributed by atoms with E-state index in [-0.39, 0.29) is 0 Å². The zero-order valence-electron chi connectivity index (χ0n) is 10.2. The highest BCUT2D eigenvalue weighted by molar-refractivity contribution is 4.58. The lowest BCUT2D eigenvalue weighted by atomic mass is 10.2. The normalized spacial score (nSPS) is 11.6. The monoisotopic (exact) mass is 202 g/mol. The number of hydrogen-bond donors (Lipinski definition) is 1. The maximum atomic E-state index is 5.06. The number of rotatable bonds is 9. The summed E-state index contributed by atoms with van der Waals surface area (Å²) in [6.45, 7) is 12.9. The molecule has 1 N–H and O–H groups in total. The number of methoxy groups -OCH3 is 1. The lowest BCUT2D eigenvalue weighted by Crippen LogP contribution is -2.35. The third-order valence-electron chi connectivity index (χ3n) is 2.22. The standard InChI is InChI=1S/C11H26N2O/c1-5-13(8-9-14-4)7-6-12-10-11(2)3/h11-12H,5-10H2,1-4H3. The summed E-state index contributed by atoms with van der Waals surface area (Å²) in [6, 6.07) is 0. The summed E-state index contributed by atoms with van der Waals surface area (Å²) in [4.78, 5) is 2.40. The summed E-state index contributed by atoms with van der Waals surface area (Å²) < 4.78 is 5.06. The summed E-state index contributed by atoms with van der Waals surface area (Å²) >= 11 is 0. The van der Waals surface area contributed by atoms with E-state index >= 15 is 0 Å². The molecule has 0 amide bonds. The van der Waals surface area contributed by atoms with Crippen molar-refractivity contribution in [3.63, 3.8) is 0 Å². The van der Waals surface area contributed by atoms with Gasteiger partial charge in [-0.2, -0.15) is 0 Å². The Bertz CT molecular complexity index is 118. The Labute approximate surface area is 88.8 Å². The highest BCUT2D eigenvalue weighted by atomic mass is 16.5. The van der Waals surface area contributed by atoms with Crippen LogP contribution in [0.25, 0.3) is 0 Å². The van der Waals surface area contributed by atoms with E-state index in [4.69, 9.17) is 4.74 Å². The smallest absolute Gasteiger partial charge is 0.0589 e. The van der Waals surface area contributed by atoms with Crippen LogP contribution in [-0.4, -0.2) is 51.3 Å². The van der Waals surface area contributed by atoms with Crippen molar-refractivity contribution in [3.05, 3.63) is 0 Å². The molecule has 0 aliphatic heterocycles. The summed E-state index contributed by atoms with van der Waals surface area (Å²) in [5, 5.41) is 3.44. The van der Waals surface area contributed by atoms with Crippen molar-refractivity contribution in [1.29, 1.82) is 0 Å². The molecular weight excluding hydrogens is 176 g/mol. The molecule has 0 aromatic carbocycles. The maximum Gasteiger partial charge on any atom is 0.0589 e. The van der Waals surface area contributed by atoms with Crippen LogP contribution in [0.15, 0.2) is 0 Å². The first-order valence-electron chi connectivity index (χ1n) is 5.62. The van der Waals surface area contributed by atoms with Gasteiger partial charge < -0.3 is 15.0 Å². The van der Waals surface area contributed by atoms with Gasteiger partial charge in [0.1, 0.15) is 0 Å². The molecule has 0 aliphatic carbocycles. The highest BCUT2D eigenvalue weighted by Crippen LogP contribution is 1.89. The number of hydrogen-bond acceptors (Lipinski definition) is 3. The molecule has 0 aromatic heterocycles. The second kappa shape index (κ2) is 9.44. The van der Waals surface area contributed by atoms with Crippen molar-refractivity contribution in [2.24, 2.45) is 5.92 Å². The Hall–Kier alpha value is -0.120. The lowest BCUT2D eigenvalue weighted by molar-refractivity contribution is 0.151. The van der Waals surface area contributed by atoms with Gasteiger partial charge in [0.15, 0.2) is 0 Å². The molecule has 0 radical (unpaired) electrons. The molecule has 0 atom stereocenters. The summed E-state index contributed by atoms with van der Waals surface area (Å²) in [5.41, 5.74) is 0. The van der Waals surface area contributed by atoms with Gasteiger partial charge in [0.05, 0.1) is 6.61 Å². The van der Waals surface area contributed by atoms with Crippen LogP contribution in [0, 0.1) is 5.92 Å². The van der Waals surface area contributed by atoms with Crippen molar-refractivity contribution in [3.8, 4) is 0 Å². The fraction of sp³-hybridized carbons (Fsp3) is 1.00. The molecule has 14 heavy (non-hydrogen) atoms. The van der Waals surface area contributed by atoms with Gasteiger partial charge in [0, 0.05) is 26.7 Å². The van der Waals surface area contributed by atoms with Crippen LogP contribution in [0.4, 0.5) is 0 Å². The molecule has 0 bridgehead atoms. The minimum Gasteiger partial charge on any atom is -0.383 e. The zero-order valence-corrected chi connectivity index (χ0v) is 10.2. The van der Waals surface area contributed by atoms with E-state index in [0.717, 1.165) is 45.2 Å². The largest absolute Gasteiger partial charge is 0.383 e. The highest BCUT2D eigenvalue weighted by Gasteiger charge is 2.00. The van der Waals surface area contributed by atoms with E-state index in [1.807, 2.05) is 0 Å². The third-order valence-corrected chi connectivity index (χ3v) is 2.22. The van der Waals surface area contributed by atoms with Crippen molar-refractivity contribution in [2.45, 2.75) is 20.8 Å². The fourth-order valence-corrected chi connectivity index (χ4v) is 1.28. The van der Waals surface area contributed by atoms with E-state index in [0.29, 0.717) is 0 Å². The summed E-state index contributed by atoms with van der Waals surface area (Å²) in [7, 11) is 1.75. The van der Waals surface area contributed by atoms with Gasteiger partial charge in [-0.25, -0.2) is 0 Å². The molecule has 0 heterocycles. The van der Waals surface area contributed by atoms with E-state index < -0.39 is 0 Å². The van der Waals surface area contributed by atoms with Gasteiger partial charge in [-0.05, 0) is 19.0 Å². The second-order valence-electron chi connectivity index (χ2n) is 4.03. The predicted octanol–water partition coefficient (Wildman–Crippen LogP) is 1.20. The third kappa shape index (κ3) is 8.48. The topological polar surface area (TPSA) is 24.5 Å². The average Bonchev–Trinajstić information content (AvgIpc) is 2.16. The summed E-state index contributed by atoms with van der Waals surface area (Å²) in [6.07, 6.45) is 0. The Kier molecular flexibility index (Phi) is 9.35. The van der Waals surface area contributed by atoms with Gasteiger partial charge in [0.25, 0.3) is 0 Å². The molecule has 0 aromatic rings. The van der Waals surface area contributed by atoms with Crippen molar-refractivity contribution >= 4 is 0 Å². The molecule has 0 fully saturated rings. The first-order valence-corrected chi connectivity index (χ1v) is 5.62. The van der Waals surface area contributed by atoms with E-state index in [1.165, 1.54) is 0 Å². The van der Waals surface area contributed by atoms with E-state index in [9.17, 15) is 0 Å². The van der Waals surface area contributed by atoms with Gasteiger partial charge in [-0.15, -0.1) is 0 Å². The van der Waals surface area contributed by atoms with Crippen LogP contribution in [0.2, 0.25) is 0 Å². The lowest BCUT2D eigenvalue weighted by Gasteiger charge is -2.20.